The zero-order valence-corrected chi connectivity index (χ0v) is 20.2. The summed E-state index contributed by atoms with van der Waals surface area (Å²) in [7, 11) is 0. The number of hydrogen-bond donors (Lipinski definition) is 0. The van der Waals surface area contributed by atoms with Crippen molar-refractivity contribution in [2.24, 2.45) is 0 Å². The Labute approximate surface area is 163 Å². The molecule has 25 heavy (non-hydrogen) atoms. The van der Waals surface area contributed by atoms with Gasteiger partial charge in [0.25, 0.3) is 0 Å². The first-order chi connectivity index (χ1) is 11.9. The van der Waals surface area contributed by atoms with Crippen molar-refractivity contribution in [1.29, 1.82) is 0 Å². The maximum absolute atomic E-state index is 8.89. The molecular formula is C20H40O4Zn. The molecule has 0 aliphatic rings. The molecular weight excluding hydrogens is 370 g/mol. The van der Waals surface area contributed by atoms with Crippen LogP contribution in [0.2, 0.25) is 10.0 Å². The van der Waals surface area contributed by atoms with E-state index in [9.17, 15) is 0 Å². The van der Waals surface area contributed by atoms with Crippen LogP contribution in [0, 0.1) is 0 Å². The molecule has 0 aliphatic carbocycles. The van der Waals surface area contributed by atoms with Crippen LogP contribution in [0.5, 0.6) is 0 Å². The summed E-state index contributed by atoms with van der Waals surface area (Å²) in [6.45, 7) is 6.55. The van der Waals surface area contributed by atoms with Gasteiger partial charge >= 0.3 is 118 Å². The topological polar surface area (TPSA) is 80.3 Å². The molecule has 0 atom stereocenters. The van der Waals surface area contributed by atoms with Crippen LogP contribution in [-0.4, -0.2) is 11.9 Å². The summed E-state index contributed by atoms with van der Waals surface area (Å²) in [5.74, 6) is -2.17. The van der Waals surface area contributed by atoms with Crippen molar-refractivity contribution in [2.45, 2.75) is 115 Å². The zero-order valence-electron chi connectivity index (χ0n) is 17.2. The number of carboxylic acid groups (broad SMARTS) is 2. The van der Waals surface area contributed by atoms with Crippen LogP contribution in [-0.2, 0) is 26.7 Å². The van der Waals surface area contributed by atoms with Gasteiger partial charge in [-0.05, 0) is 13.8 Å². The monoisotopic (exact) mass is 408 g/mol. The third-order valence-corrected chi connectivity index (χ3v) is 7.90. The minimum atomic E-state index is -1.08. The van der Waals surface area contributed by atoms with E-state index in [4.69, 9.17) is 19.8 Å². The van der Waals surface area contributed by atoms with E-state index in [1.165, 1.54) is 64.2 Å². The second kappa shape index (κ2) is 28.4. The van der Waals surface area contributed by atoms with Crippen LogP contribution in [0.4, 0.5) is 0 Å². The Morgan fingerprint density at radius 1 is 0.600 bits per heavy atom. The molecule has 0 amide bonds. The summed E-state index contributed by atoms with van der Waals surface area (Å²) in [4.78, 5) is 17.8. The molecule has 0 aromatic rings. The first kappa shape index (κ1) is 29.3. The Bertz CT molecular complexity index is 236. The van der Waals surface area contributed by atoms with E-state index in [2.05, 4.69) is 13.8 Å². The maximum atomic E-state index is 8.89. The molecule has 0 spiro atoms. The van der Waals surface area contributed by atoms with E-state index in [0.717, 1.165) is 13.8 Å². The van der Waals surface area contributed by atoms with Crippen molar-refractivity contribution in [2.75, 3.05) is 0 Å². The summed E-state index contributed by atoms with van der Waals surface area (Å²) >= 11 is -0.0720. The van der Waals surface area contributed by atoms with Crippen molar-refractivity contribution < 1.29 is 36.9 Å². The van der Waals surface area contributed by atoms with Crippen LogP contribution < -0.4 is 10.2 Å². The fraction of sp³-hybridized carbons (Fsp3) is 0.900. The number of carbonyl (C=O) groups excluding carboxylic acids is 2. The van der Waals surface area contributed by atoms with Gasteiger partial charge < -0.3 is 19.8 Å². The van der Waals surface area contributed by atoms with Crippen molar-refractivity contribution in [1.82, 2.24) is 0 Å². The number of unbranched alkanes of at least 4 members (excludes halogenated alkanes) is 10. The molecule has 0 aliphatic heterocycles. The number of rotatable bonds is 14. The van der Waals surface area contributed by atoms with E-state index in [0.29, 0.717) is 0 Å². The summed E-state index contributed by atoms with van der Waals surface area (Å²) in [6.07, 6.45) is 17.9. The fourth-order valence-corrected chi connectivity index (χ4v) is 6.15. The van der Waals surface area contributed by atoms with Gasteiger partial charge in [-0.2, -0.15) is 0 Å². The van der Waals surface area contributed by atoms with Gasteiger partial charge in [-0.3, -0.25) is 0 Å². The first-order valence-corrected chi connectivity index (χ1v) is 14.4. The zero-order chi connectivity index (χ0) is 19.8. The average molecular weight is 410 g/mol. The number of aliphatic carboxylic acids is 2. The number of carboxylic acids is 2. The Kier molecular flexibility index (Phi) is 33.3. The van der Waals surface area contributed by atoms with Gasteiger partial charge in [-0.1, -0.05) is 0 Å². The van der Waals surface area contributed by atoms with Crippen LogP contribution >= 0.6 is 0 Å². The van der Waals surface area contributed by atoms with Crippen molar-refractivity contribution in [3.8, 4) is 0 Å². The Hall–Kier alpha value is -0.437. The third kappa shape index (κ3) is 59.6. The molecule has 0 rings (SSSR count). The quantitative estimate of drug-likeness (QED) is 0.319. The van der Waals surface area contributed by atoms with Gasteiger partial charge in [0.05, 0.1) is 0 Å². The Balaban J connectivity index is -0.000000503. The van der Waals surface area contributed by atoms with Crippen LogP contribution in [0.3, 0.4) is 0 Å². The predicted octanol–water partition coefficient (Wildman–Crippen LogP) is 4.14. The summed E-state index contributed by atoms with van der Waals surface area (Å²) < 4.78 is 0. The first-order valence-electron chi connectivity index (χ1n) is 10.2. The molecule has 0 aromatic heterocycles. The molecule has 4 nitrogen and oxygen atoms in total. The number of hydrogen-bond acceptors (Lipinski definition) is 4. The molecule has 0 aromatic carbocycles. The molecule has 0 saturated carbocycles. The Morgan fingerprint density at radius 2 is 0.840 bits per heavy atom. The summed E-state index contributed by atoms with van der Waals surface area (Å²) in [5.41, 5.74) is 0. The van der Waals surface area contributed by atoms with Gasteiger partial charge in [0.2, 0.25) is 0 Å². The van der Waals surface area contributed by atoms with Crippen LogP contribution in [0.1, 0.15) is 105 Å². The van der Waals surface area contributed by atoms with Crippen molar-refractivity contribution >= 4 is 11.9 Å². The minimum absolute atomic E-state index is 0.0720. The van der Waals surface area contributed by atoms with Crippen molar-refractivity contribution in [3.05, 3.63) is 0 Å². The second-order valence-electron chi connectivity index (χ2n) is 6.58. The molecule has 0 unspecified atom stereocenters. The van der Waals surface area contributed by atoms with Gasteiger partial charge in [-0.25, -0.2) is 0 Å². The van der Waals surface area contributed by atoms with Crippen molar-refractivity contribution in [3.63, 3.8) is 0 Å². The molecule has 0 fully saturated rings. The van der Waals surface area contributed by atoms with Gasteiger partial charge in [0.1, 0.15) is 0 Å². The van der Waals surface area contributed by atoms with Crippen LogP contribution in [0.15, 0.2) is 0 Å². The van der Waals surface area contributed by atoms with E-state index >= 15 is 0 Å². The van der Waals surface area contributed by atoms with Gasteiger partial charge in [0, 0.05) is 11.9 Å². The van der Waals surface area contributed by atoms with E-state index in [1.807, 2.05) is 0 Å². The third-order valence-electron chi connectivity index (χ3n) is 3.71. The standard InChI is InChI=1S/2C8H17.2C2H4O2.Zn/c2*1-3-5-7-8-6-4-2;2*1-2(3)4;/h2*1,3-8H2,2H3;2*1H3,(H,3,4);/q;;;;+2/p-2. The Morgan fingerprint density at radius 3 is 1.12 bits per heavy atom. The summed E-state index contributed by atoms with van der Waals surface area (Å²) in [5, 5.41) is 21.1. The molecule has 0 N–H and O–H groups in total. The number of carbonyl (C=O) groups is 2. The molecule has 146 valence electrons. The molecule has 0 bridgehead atoms. The van der Waals surface area contributed by atoms with E-state index in [1.54, 1.807) is 22.9 Å². The average Bonchev–Trinajstić information content (AvgIpc) is 2.51. The van der Waals surface area contributed by atoms with E-state index in [-0.39, 0.29) is 17.1 Å². The van der Waals surface area contributed by atoms with Gasteiger partial charge in [-0.15, -0.1) is 0 Å². The fourth-order valence-electron chi connectivity index (χ4n) is 2.44. The normalized spacial score (nSPS) is 9.60. The SMILES string of the molecule is CC(=O)[O-].CC(=O)[O-].CCCCCCC[CH2][Zn+2][CH2]CCCCCCC. The molecule has 0 radical (unpaired) electrons. The second-order valence-corrected chi connectivity index (χ2v) is 11.0. The molecule has 0 saturated heterocycles. The summed E-state index contributed by atoms with van der Waals surface area (Å²) in [6, 6.07) is 0. The van der Waals surface area contributed by atoms with E-state index < -0.39 is 11.9 Å². The molecule has 0 heterocycles. The van der Waals surface area contributed by atoms with Crippen LogP contribution in [0.25, 0.3) is 0 Å². The molecule has 5 heteroatoms. The predicted molar refractivity (Wildman–Crippen MR) is 97.7 cm³/mol. The van der Waals surface area contributed by atoms with Gasteiger partial charge in [0.15, 0.2) is 0 Å².